The lowest BCUT2D eigenvalue weighted by Gasteiger charge is -2.32. The molecular weight excluding hydrogens is 388 g/mol. The van der Waals surface area contributed by atoms with Crippen molar-refractivity contribution in [2.24, 2.45) is 0 Å². The van der Waals surface area contributed by atoms with Crippen LogP contribution in [0.3, 0.4) is 0 Å². The zero-order chi connectivity index (χ0) is 20.8. The Balaban J connectivity index is 1.54. The Morgan fingerprint density at radius 1 is 1.17 bits per heavy atom. The SMILES string of the molecule is Cc1cc(C)cc(S(=O)(=O)N2CCn3cc(CC(=O)NC4CCC4)nc3[C@H]2C)c1. The summed E-state index contributed by atoms with van der Waals surface area (Å²) in [4.78, 5) is 17.1. The fourth-order valence-electron chi connectivity index (χ4n) is 4.15. The molecule has 4 rings (SSSR count). The normalized spacial score (nSPS) is 20.2. The van der Waals surface area contributed by atoms with Crippen LogP contribution in [0.2, 0.25) is 0 Å². The van der Waals surface area contributed by atoms with Gasteiger partial charge in [-0.15, -0.1) is 0 Å². The van der Waals surface area contributed by atoms with E-state index in [4.69, 9.17) is 0 Å². The van der Waals surface area contributed by atoms with Gasteiger partial charge in [-0.1, -0.05) is 6.07 Å². The van der Waals surface area contributed by atoms with E-state index in [-0.39, 0.29) is 12.3 Å². The molecule has 1 N–H and O–H groups in total. The standard InChI is InChI=1S/C21H28N4O3S/c1-14-9-15(2)11-19(10-14)29(27,28)25-8-7-24-13-18(23-21(24)16(25)3)12-20(26)22-17-5-4-6-17/h9-11,13,16-17H,4-8,12H2,1-3H3,(H,22,26)/t16-/m1/s1. The molecule has 156 valence electrons. The third-order valence-corrected chi connectivity index (χ3v) is 7.79. The summed E-state index contributed by atoms with van der Waals surface area (Å²) in [5.41, 5.74) is 2.54. The Bertz CT molecular complexity index is 1020. The Morgan fingerprint density at radius 3 is 2.48 bits per heavy atom. The Morgan fingerprint density at radius 2 is 1.86 bits per heavy atom. The molecule has 1 fully saturated rings. The number of carbonyl (C=O) groups excluding carboxylic acids is 1. The zero-order valence-electron chi connectivity index (χ0n) is 17.2. The van der Waals surface area contributed by atoms with Crippen molar-refractivity contribution in [3.05, 3.63) is 47.0 Å². The minimum absolute atomic E-state index is 0.0162. The van der Waals surface area contributed by atoms with E-state index >= 15 is 0 Å². The van der Waals surface area contributed by atoms with Crippen LogP contribution >= 0.6 is 0 Å². The first kappa shape index (κ1) is 20.1. The number of nitrogens with one attached hydrogen (secondary N) is 1. The average Bonchev–Trinajstić information content (AvgIpc) is 3.01. The van der Waals surface area contributed by atoms with Crippen LogP contribution in [0.4, 0.5) is 0 Å². The molecule has 0 spiro atoms. The van der Waals surface area contributed by atoms with E-state index in [9.17, 15) is 13.2 Å². The van der Waals surface area contributed by atoms with Crippen molar-refractivity contribution in [3.8, 4) is 0 Å². The van der Waals surface area contributed by atoms with Crippen molar-refractivity contribution in [1.29, 1.82) is 0 Å². The molecule has 0 radical (unpaired) electrons. The number of benzene rings is 1. The second kappa shape index (κ2) is 7.57. The van der Waals surface area contributed by atoms with Gasteiger partial charge in [0, 0.05) is 25.3 Å². The highest BCUT2D eigenvalue weighted by Gasteiger charge is 2.35. The first-order valence-electron chi connectivity index (χ1n) is 10.2. The lowest BCUT2D eigenvalue weighted by Crippen LogP contribution is -2.41. The number of amides is 1. The van der Waals surface area contributed by atoms with Gasteiger partial charge in [-0.25, -0.2) is 13.4 Å². The molecule has 8 heteroatoms. The van der Waals surface area contributed by atoms with E-state index in [2.05, 4.69) is 10.3 Å². The molecule has 1 aliphatic carbocycles. The number of hydrogen-bond donors (Lipinski definition) is 1. The van der Waals surface area contributed by atoms with Crippen LogP contribution in [-0.4, -0.2) is 40.8 Å². The van der Waals surface area contributed by atoms with Gasteiger partial charge in [-0.3, -0.25) is 4.79 Å². The maximum Gasteiger partial charge on any atom is 0.243 e. The number of nitrogens with zero attached hydrogens (tertiary/aromatic N) is 3. The van der Waals surface area contributed by atoms with E-state index in [0.29, 0.717) is 35.5 Å². The van der Waals surface area contributed by atoms with Crippen LogP contribution in [0.25, 0.3) is 0 Å². The van der Waals surface area contributed by atoms with Crippen molar-refractivity contribution in [2.45, 2.75) is 70.0 Å². The van der Waals surface area contributed by atoms with Crippen LogP contribution < -0.4 is 5.32 Å². The number of aryl methyl sites for hydroxylation is 2. The molecule has 0 bridgehead atoms. The minimum Gasteiger partial charge on any atom is -0.353 e. The summed E-state index contributed by atoms with van der Waals surface area (Å²) in [6, 6.07) is 5.31. The van der Waals surface area contributed by atoms with Crippen LogP contribution in [0.5, 0.6) is 0 Å². The molecule has 0 saturated heterocycles. The molecule has 2 aliphatic rings. The fourth-order valence-corrected chi connectivity index (χ4v) is 5.93. The molecule has 1 aliphatic heterocycles. The highest BCUT2D eigenvalue weighted by atomic mass is 32.2. The van der Waals surface area contributed by atoms with Crippen LogP contribution in [0.1, 0.15) is 54.9 Å². The molecule has 1 aromatic heterocycles. The monoisotopic (exact) mass is 416 g/mol. The van der Waals surface area contributed by atoms with E-state index in [1.165, 1.54) is 10.7 Å². The van der Waals surface area contributed by atoms with Crippen molar-refractivity contribution in [2.75, 3.05) is 6.54 Å². The molecule has 2 heterocycles. The smallest absolute Gasteiger partial charge is 0.243 e. The first-order valence-corrected chi connectivity index (χ1v) is 11.6. The molecule has 7 nitrogen and oxygen atoms in total. The number of carbonyl (C=O) groups is 1. The summed E-state index contributed by atoms with van der Waals surface area (Å²) in [5.74, 6) is 0.674. The van der Waals surface area contributed by atoms with Gasteiger partial charge in [0.2, 0.25) is 15.9 Å². The van der Waals surface area contributed by atoms with Gasteiger partial charge in [-0.2, -0.15) is 4.31 Å². The van der Waals surface area contributed by atoms with Crippen molar-refractivity contribution >= 4 is 15.9 Å². The Hall–Kier alpha value is -2.19. The highest BCUT2D eigenvalue weighted by molar-refractivity contribution is 7.89. The van der Waals surface area contributed by atoms with Crippen LogP contribution in [0, 0.1) is 13.8 Å². The van der Waals surface area contributed by atoms with Crippen LogP contribution in [-0.2, 0) is 27.8 Å². The van der Waals surface area contributed by atoms with Crippen molar-refractivity contribution in [3.63, 3.8) is 0 Å². The number of aromatic nitrogens is 2. The summed E-state index contributed by atoms with van der Waals surface area (Å²) in [5, 5.41) is 3.03. The summed E-state index contributed by atoms with van der Waals surface area (Å²) >= 11 is 0. The van der Waals surface area contributed by atoms with E-state index in [1.807, 2.05) is 37.6 Å². The first-order chi connectivity index (χ1) is 13.7. The molecule has 0 unspecified atom stereocenters. The summed E-state index contributed by atoms with van der Waals surface area (Å²) in [6.07, 6.45) is 5.38. The van der Waals surface area contributed by atoms with Gasteiger partial charge in [0.1, 0.15) is 5.82 Å². The zero-order valence-corrected chi connectivity index (χ0v) is 18.0. The van der Waals surface area contributed by atoms with Gasteiger partial charge < -0.3 is 9.88 Å². The second-order valence-electron chi connectivity index (χ2n) is 8.27. The molecule has 1 aromatic carbocycles. The number of imidazole rings is 1. The largest absolute Gasteiger partial charge is 0.353 e. The predicted octanol–water partition coefficient (Wildman–Crippen LogP) is 2.48. The van der Waals surface area contributed by atoms with Crippen LogP contribution in [0.15, 0.2) is 29.3 Å². The number of sulfonamides is 1. The molecule has 29 heavy (non-hydrogen) atoms. The maximum atomic E-state index is 13.3. The number of hydrogen-bond acceptors (Lipinski definition) is 4. The third-order valence-electron chi connectivity index (χ3n) is 5.84. The molecular formula is C21H28N4O3S. The molecule has 2 aromatic rings. The lowest BCUT2D eigenvalue weighted by atomic mass is 9.93. The second-order valence-corrected chi connectivity index (χ2v) is 10.2. The van der Waals surface area contributed by atoms with E-state index in [0.717, 1.165) is 24.0 Å². The predicted molar refractivity (Wildman–Crippen MR) is 110 cm³/mol. The molecule has 1 saturated carbocycles. The van der Waals surface area contributed by atoms with Crippen molar-refractivity contribution < 1.29 is 13.2 Å². The quantitative estimate of drug-likeness (QED) is 0.812. The van der Waals surface area contributed by atoms with Gasteiger partial charge in [0.25, 0.3) is 0 Å². The topological polar surface area (TPSA) is 84.3 Å². The number of fused-ring (bicyclic) bond motifs is 1. The number of rotatable bonds is 5. The van der Waals surface area contributed by atoms with E-state index < -0.39 is 16.1 Å². The average molecular weight is 417 g/mol. The third kappa shape index (κ3) is 3.96. The molecule has 1 amide bonds. The summed E-state index contributed by atoms with van der Waals surface area (Å²) < 4.78 is 30.1. The Kier molecular flexibility index (Phi) is 5.25. The van der Waals surface area contributed by atoms with Gasteiger partial charge >= 0.3 is 0 Å². The maximum absolute atomic E-state index is 13.3. The van der Waals surface area contributed by atoms with Crippen molar-refractivity contribution in [1.82, 2.24) is 19.2 Å². The molecule has 1 atom stereocenters. The summed E-state index contributed by atoms with van der Waals surface area (Å²) in [6.45, 7) is 6.57. The highest BCUT2D eigenvalue weighted by Crippen LogP contribution is 2.31. The van der Waals surface area contributed by atoms with Gasteiger partial charge in [0.05, 0.1) is 23.1 Å². The summed E-state index contributed by atoms with van der Waals surface area (Å²) in [7, 11) is -3.62. The van der Waals surface area contributed by atoms with Gasteiger partial charge in [0.15, 0.2) is 0 Å². The van der Waals surface area contributed by atoms with E-state index in [1.54, 1.807) is 12.1 Å². The van der Waals surface area contributed by atoms with Gasteiger partial charge in [-0.05, 0) is 63.3 Å². The lowest BCUT2D eigenvalue weighted by molar-refractivity contribution is -0.121. The minimum atomic E-state index is -3.62. The Labute approximate surface area is 172 Å². The fraction of sp³-hybridized carbons (Fsp3) is 0.524.